The van der Waals surface area contributed by atoms with Gasteiger partial charge in [-0.25, -0.2) is 0 Å². The van der Waals surface area contributed by atoms with Gasteiger partial charge in [-0.1, -0.05) is 6.07 Å². The minimum Gasteiger partial charge on any atom is -0.508 e. The third-order valence-electron chi connectivity index (χ3n) is 3.00. The molecule has 0 fully saturated rings. The second-order valence-electron chi connectivity index (χ2n) is 4.29. The number of amides is 1. The zero-order chi connectivity index (χ0) is 14.7. The van der Waals surface area contributed by atoms with E-state index in [-0.39, 0.29) is 17.1 Å². The molecule has 2 rings (SSSR count). The first kappa shape index (κ1) is 13.7. The van der Waals surface area contributed by atoms with Gasteiger partial charge in [0.25, 0.3) is 5.91 Å². The van der Waals surface area contributed by atoms with Crippen LogP contribution in [0.3, 0.4) is 0 Å². The summed E-state index contributed by atoms with van der Waals surface area (Å²) in [6.07, 6.45) is 0. The minimum absolute atomic E-state index is 0.0951. The fourth-order valence-electron chi connectivity index (χ4n) is 1.77. The molecule has 0 atom stereocenters. The summed E-state index contributed by atoms with van der Waals surface area (Å²) in [5.74, 6) is -0.0468. The maximum absolute atomic E-state index is 12.2. The predicted octanol–water partition coefficient (Wildman–Crippen LogP) is 2.67. The van der Waals surface area contributed by atoms with Crippen LogP contribution >= 0.6 is 0 Å². The topological polar surface area (TPSA) is 78.8 Å². The number of hydrogen-bond donors (Lipinski definition) is 3. The van der Waals surface area contributed by atoms with E-state index in [0.717, 1.165) is 0 Å². The van der Waals surface area contributed by atoms with Gasteiger partial charge in [-0.2, -0.15) is 0 Å². The van der Waals surface area contributed by atoms with Gasteiger partial charge in [0.15, 0.2) is 0 Å². The minimum atomic E-state index is -0.477. The number of methoxy groups -OCH3 is 1. The van der Waals surface area contributed by atoms with Crippen LogP contribution in [-0.2, 0) is 0 Å². The van der Waals surface area contributed by atoms with Crippen molar-refractivity contribution in [3.8, 4) is 17.2 Å². The quantitative estimate of drug-likeness (QED) is 0.803. The predicted molar refractivity (Wildman–Crippen MR) is 75.5 cm³/mol. The number of phenolic OH excluding ortho intramolecular Hbond substituents is 2. The molecule has 2 aromatic carbocycles. The zero-order valence-corrected chi connectivity index (χ0v) is 11.2. The van der Waals surface area contributed by atoms with Crippen LogP contribution in [0.15, 0.2) is 36.4 Å². The van der Waals surface area contributed by atoms with Crippen molar-refractivity contribution in [1.29, 1.82) is 0 Å². The largest absolute Gasteiger partial charge is 0.508 e. The number of ether oxygens (including phenoxy) is 1. The summed E-state index contributed by atoms with van der Waals surface area (Å²) in [5.41, 5.74) is 1.15. The van der Waals surface area contributed by atoms with Crippen LogP contribution < -0.4 is 10.1 Å². The molecule has 0 spiro atoms. The van der Waals surface area contributed by atoms with Crippen molar-refractivity contribution in [1.82, 2.24) is 0 Å². The highest BCUT2D eigenvalue weighted by atomic mass is 16.5. The van der Waals surface area contributed by atoms with Crippen molar-refractivity contribution in [2.45, 2.75) is 6.92 Å². The number of carbonyl (C=O) groups excluding carboxylic acids is 1. The second kappa shape index (κ2) is 5.52. The number of anilines is 1. The van der Waals surface area contributed by atoms with Gasteiger partial charge in [-0.3, -0.25) is 4.79 Å². The van der Waals surface area contributed by atoms with Crippen molar-refractivity contribution in [3.63, 3.8) is 0 Å². The molecule has 0 unspecified atom stereocenters. The molecule has 0 aliphatic heterocycles. The summed E-state index contributed by atoms with van der Waals surface area (Å²) in [6.45, 7) is 1.69. The monoisotopic (exact) mass is 273 g/mol. The maximum atomic E-state index is 12.2. The van der Waals surface area contributed by atoms with Gasteiger partial charge in [0.1, 0.15) is 17.2 Å². The summed E-state index contributed by atoms with van der Waals surface area (Å²) in [7, 11) is 1.48. The van der Waals surface area contributed by atoms with Crippen LogP contribution in [0, 0.1) is 6.92 Å². The Balaban J connectivity index is 2.30. The lowest BCUT2D eigenvalue weighted by atomic mass is 10.1. The van der Waals surface area contributed by atoms with E-state index in [9.17, 15) is 15.0 Å². The highest BCUT2D eigenvalue weighted by Gasteiger charge is 2.14. The van der Waals surface area contributed by atoms with Crippen molar-refractivity contribution in [3.05, 3.63) is 47.5 Å². The van der Waals surface area contributed by atoms with Gasteiger partial charge in [-0.05, 0) is 37.3 Å². The van der Waals surface area contributed by atoms with Gasteiger partial charge in [-0.15, -0.1) is 0 Å². The molecule has 5 nitrogen and oxygen atoms in total. The van der Waals surface area contributed by atoms with Gasteiger partial charge < -0.3 is 20.3 Å². The Bertz CT molecular complexity index is 652. The molecule has 20 heavy (non-hydrogen) atoms. The van der Waals surface area contributed by atoms with Crippen LogP contribution in [0.1, 0.15) is 15.9 Å². The average Bonchev–Trinajstić information content (AvgIpc) is 2.44. The Morgan fingerprint density at radius 2 is 1.90 bits per heavy atom. The molecule has 5 heteroatoms. The number of hydrogen-bond acceptors (Lipinski definition) is 4. The maximum Gasteiger partial charge on any atom is 0.259 e. The Labute approximate surface area is 116 Å². The standard InChI is InChI=1S/C15H15NO4/c1-9-12(4-3-5-13(9)17)16-15(19)11-8-10(20-2)6-7-14(11)18/h3-8,17-18H,1-2H3,(H,16,19). The van der Waals surface area contributed by atoms with E-state index in [1.807, 2.05) is 0 Å². The van der Waals surface area contributed by atoms with E-state index in [1.54, 1.807) is 25.1 Å². The average molecular weight is 273 g/mol. The van der Waals surface area contributed by atoms with Crippen LogP contribution in [0.4, 0.5) is 5.69 Å². The molecule has 0 heterocycles. The smallest absolute Gasteiger partial charge is 0.259 e. The highest BCUT2D eigenvalue weighted by molar-refractivity contribution is 6.06. The molecule has 0 aliphatic rings. The number of benzene rings is 2. The van der Waals surface area contributed by atoms with Crippen LogP contribution in [0.2, 0.25) is 0 Å². The molecule has 0 bridgehead atoms. The van der Waals surface area contributed by atoms with E-state index >= 15 is 0 Å². The molecule has 0 saturated heterocycles. The summed E-state index contributed by atoms with van der Waals surface area (Å²) in [4.78, 5) is 12.2. The van der Waals surface area contributed by atoms with Gasteiger partial charge >= 0.3 is 0 Å². The number of nitrogens with one attached hydrogen (secondary N) is 1. The fraction of sp³-hybridized carbons (Fsp3) is 0.133. The summed E-state index contributed by atoms with van der Waals surface area (Å²) in [5, 5.41) is 22.0. The van der Waals surface area contributed by atoms with Crippen LogP contribution in [-0.4, -0.2) is 23.2 Å². The second-order valence-corrected chi connectivity index (χ2v) is 4.29. The first-order valence-corrected chi connectivity index (χ1v) is 6.00. The molecule has 0 radical (unpaired) electrons. The number of carbonyl (C=O) groups is 1. The fourth-order valence-corrected chi connectivity index (χ4v) is 1.77. The lowest BCUT2D eigenvalue weighted by Gasteiger charge is -2.11. The molecule has 2 aromatic rings. The van der Waals surface area contributed by atoms with Crippen molar-refractivity contribution < 1.29 is 19.7 Å². The van der Waals surface area contributed by atoms with E-state index in [4.69, 9.17) is 4.74 Å². The Kier molecular flexibility index (Phi) is 3.79. The number of rotatable bonds is 3. The summed E-state index contributed by atoms with van der Waals surface area (Å²) >= 11 is 0. The SMILES string of the molecule is COc1ccc(O)c(C(=O)Nc2cccc(O)c2C)c1. The lowest BCUT2D eigenvalue weighted by molar-refractivity contribution is 0.102. The third kappa shape index (κ3) is 2.66. The van der Waals surface area contributed by atoms with Gasteiger partial charge in [0, 0.05) is 11.3 Å². The molecule has 0 aromatic heterocycles. The molecule has 3 N–H and O–H groups in total. The highest BCUT2D eigenvalue weighted by Crippen LogP contribution is 2.27. The van der Waals surface area contributed by atoms with Crippen molar-refractivity contribution in [2.24, 2.45) is 0 Å². The first-order valence-electron chi connectivity index (χ1n) is 6.00. The van der Waals surface area contributed by atoms with E-state index < -0.39 is 5.91 Å². The van der Waals surface area contributed by atoms with Gasteiger partial charge in [0.05, 0.1) is 12.7 Å². The van der Waals surface area contributed by atoms with Gasteiger partial charge in [0.2, 0.25) is 0 Å². The normalized spacial score (nSPS) is 10.1. The van der Waals surface area contributed by atoms with E-state index in [0.29, 0.717) is 17.0 Å². The summed E-state index contributed by atoms with van der Waals surface area (Å²) < 4.78 is 5.02. The first-order chi connectivity index (χ1) is 9.52. The molecular weight excluding hydrogens is 258 g/mol. The molecule has 0 saturated carbocycles. The molecule has 0 aliphatic carbocycles. The number of phenols is 2. The van der Waals surface area contributed by atoms with Crippen molar-refractivity contribution in [2.75, 3.05) is 12.4 Å². The van der Waals surface area contributed by atoms with E-state index in [1.165, 1.54) is 25.3 Å². The molecule has 1 amide bonds. The van der Waals surface area contributed by atoms with Crippen LogP contribution in [0.5, 0.6) is 17.2 Å². The summed E-state index contributed by atoms with van der Waals surface area (Å²) in [6, 6.07) is 9.24. The third-order valence-corrected chi connectivity index (χ3v) is 3.00. The Morgan fingerprint density at radius 3 is 2.60 bits per heavy atom. The zero-order valence-electron chi connectivity index (χ0n) is 11.2. The Morgan fingerprint density at radius 1 is 1.15 bits per heavy atom. The lowest BCUT2D eigenvalue weighted by Crippen LogP contribution is -2.13. The molecular formula is C15H15NO4. The number of aromatic hydroxyl groups is 2. The van der Waals surface area contributed by atoms with E-state index in [2.05, 4.69) is 5.32 Å². The van der Waals surface area contributed by atoms with Crippen molar-refractivity contribution >= 4 is 11.6 Å². The van der Waals surface area contributed by atoms with Crippen LogP contribution in [0.25, 0.3) is 0 Å². The Hall–Kier alpha value is -2.69. The molecule has 104 valence electrons.